The molecular formula is C25H35N3O3S. The number of benzene rings is 1. The fourth-order valence-corrected chi connectivity index (χ4v) is 5.10. The number of aryl methyl sites for hydroxylation is 1. The van der Waals surface area contributed by atoms with Crippen LogP contribution in [0.2, 0.25) is 0 Å². The molecule has 174 valence electrons. The summed E-state index contributed by atoms with van der Waals surface area (Å²) >= 11 is 0. The number of nitrogens with one attached hydrogen (secondary N) is 1. The Hall–Kier alpha value is -2.25. The lowest BCUT2D eigenvalue weighted by Gasteiger charge is -2.32. The third kappa shape index (κ3) is 5.75. The molecule has 0 spiro atoms. The Morgan fingerprint density at radius 2 is 1.75 bits per heavy atom. The van der Waals surface area contributed by atoms with E-state index in [0.29, 0.717) is 10.8 Å². The van der Waals surface area contributed by atoms with Crippen LogP contribution in [-0.2, 0) is 21.2 Å². The largest absolute Gasteiger partial charge is 0.324 e. The summed E-state index contributed by atoms with van der Waals surface area (Å²) in [6.07, 6.45) is 3.80. The number of likely N-dealkylation sites (tertiary alicyclic amines) is 1. The first-order valence-electron chi connectivity index (χ1n) is 11.4. The monoisotopic (exact) mass is 457 g/mol. The van der Waals surface area contributed by atoms with E-state index in [-0.39, 0.29) is 11.8 Å². The smallest absolute Gasteiger partial charge is 0.226 e. The summed E-state index contributed by atoms with van der Waals surface area (Å²) in [6, 6.07) is 9.39. The summed E-state index contributed by atoms with van der Waals surface area (Å²) in [7, 11) is -3.23. The number of carbonyl (C=O) groups is 1. The molecule has 0 saturated carbocycles. The molecule has 0 atom stereocenters. The number of piperidine rings is 1. The van der Waals surface area contributed by atoms with Gasteiger partial charge in [-0.05, 0) is 81.9 Å². The number of rotatable bonds is 7. The van der Waals surface area contributed by atoms with E-state index in [2.05, 4.69) is 21.3 Å². The topological polar surface area (TPSA) is 79.4 Å². The minimum atomic E-state index is -3.23. The summed E-state index contributed by atoms with van der Waals surface area (Å²) in [5.74, 6) is 0.361. The first kappa shape index (κ1) is 24.4. The molecule has 0 aliphatic carbocycles. The number of anilines is 1. The lowest BCUT2D eigenvalue weighted by atomic mass is 9.88. The predicted molar refractivity (Wildman–Crippen MR) is 128 cm³/mol. The zero-order valence-corrected chi connectivity index (χ0v) is 20.6. The Morgan fingerprint density at radius 3 is 2.31 bits per heavy atom. The molecule has 1 N–H and O–H groups in total. The maximum atomic E-state index is 12.3. The molecule has 1 aromatic carbocycles. The van der Waals surface area contributed by atoms with E-state index >= 15 is 0 Å². The molecule has 1 amide bonds. The van der Waals surface area contributed by atoms with Gasteiger partial charge < -0.3 is 5.32 Å². The van der Waals surface area contributed by atoms with Crippen LogP contribution in [0.5, 0.6) is 0 Å². The fourth-order valence-electron chi connectivity index (χ4n) is 4.04. The van der Waals surface area contributed by atoms with Gasteiger partial charge in [0, 0.05) is 18.2 Å². The zero-order valence-electron chi connectivity index (χ0n) is 19.8. The highest BCUT2D eigenvalue weighted by molar-refractivity contribution is 7.92. The minimum Gasteiger partial charge on any atom is -0.324 e. The number of amides is 1. The van der Waals surface area contributed by atoms with Crippen LogP contribution < -0.4 is 5.32 Å². The number of pyridine rings is 1. The lowest BCUT2D eigenvalue weighted by molar-refractivity contribution is -0.118. The average molecular weight is 458 g/mol. The summed E-state index contributed by atoms with van der Waals surface area (Å²) in [5, 5.41) is 2.54. The van der Waals surface area contributed by atoms with E-state index < -0.39 is 15.1 Å². The van der Waals surface area contributed by atoms with Crippen molar-refractivity contribution in [1.82, 2.24) is 9.88 Å². The molecule has 32 heavy (non-hydrogen) atoms. The normalized spacial score (nSPS) is 16.0. The van der Waals surface area contributed by atoms with E-state index in [0.717, 1.165) is 49.4 Å². The number of carbonyl (C=O) groups excluding carboxylic acids is 1. The van der Waals surface area contributed by atoms with Crippen LogP contribution in [0.1, 0.15) is 63.3 Å². The summed E-state index contributed by atoms with van der Waals surface area (Å²) in [6.45, 7) is 12.0. The van der Waals surface area contributed by atoms with Gasteiger partial charge >= 0.3 is 0 Å². The Kier molecular flexibility index (Phi) is 7.72. The van der Waals surface area contributed by atoms with Crippen molar-refractivity contribution in [2.45, 2.75) is 70.1 Å². The molecule has 2 heterocycles. The summed E-state index contributed by atoms with van der Waals surface area (Å²) < 4.78 is 24.6. The molecule has 1 aromatic heterocycles. The molecule has 0 bridgehead atoms. The number of hydrogen-bond donors (Lipinski definition) is 1. The lowest BCUT2D eigenvalue weighted by Crippen LogP contribution is -2.32. The molecule has 1 saturated heterocycles. The molecule has 0 radical (unpaired) electrons. The number of sulfone groups is 1. The Morgan fingerprint density at radius 1 is 1.12 bits per heavy atom. The maximum absolute atomic E-state index is 12.3. The second-order valence-corrected chi connectivity index (χ2v) is 11.8. The fraction of sp³-hybridized carbons (Fsp3) is 0.520. The Bertz CT molecular complexity index is 1040. The SMILES string of the molecule is Cc1ncc(NC(=O)C(C)C)cc1C1CCN(Cc2ccc(S(=O)(=O)C(C)C)cc2)CC1. The van der Waals surface area contributed by atoms with Crippen LogP contribution in [0.4, 0.5) is 5.69 Å². The van der Waals surface area contributed by atoms with Gasteiger partial charge in [0.15, 0.2) is 9.84 Å². The van der Waals surface area contributed by atoms with Gasteiger partial charge in [0.05, 0.1) is 22.0 Å². The van der Waals surface area contributed by atoms with Crippen molar-refractivity contribution < 1.29 is 13.2 Å². The first-order valence-corrected chi connectivity index (χ1v) is 12.9. The molecular weight excluding hydrogens is 422 g/mol. The maximum Gasteiger partial charge on any atom is 0.226 e. The van der Waals surface area contributed by atoms with Gasteiger partial charge in [0.25, 0.3) is 0 Å². The molecule has 0 unspecified atom stereocenters. The van der Waals surface area contributed by atoms with Crippen molar-refractivity contribution in [3.05, 3.63) is 53.3 Å². The van der Waals surface area contributed by atoms with Crippen LogP contribution in [0.3, 0.4) is 0 Å². The van der Waals surface area contributed by atoms with Crippen LogP contribution in [-0.4, -0.2) is 42.5 Å². The van der Waals surface area contributed by atoms with Crippen molar-refractivity contribution in [3.63, 3.8) is 0 Å². The summed E-state index contributed by atoms with van der Waals surface area (Å²) in [5.41, 5.74) is 4.13. The van der Waals surface area contributed by atoms with Gasteiger partial charge in [-0.15, -0.1) is 0 Å². The second kappa shape index (κ2) is 10.1. The van der Waals surface area contributed by atoms with Crippen molar-refractivity contribution in [2.75, 3.05) is 18.4 Å². The van der Waals surface area contributed by atoms with E-state index in [1.165, 1.54) is 5.56 Å². The Labute approximate surface area is 192 Å². The van der Waals surface area contributed by atoms with Crippen LogP contribution in [0.25, 0.3) is 0 Å². The van der Waals surface area contributed by atoms with Crippen molar-refractivity contribution in [2.24, 2.45) is 5.92 Å². The average Bonchev–Trinajstić information content (AvgIpc) is 2.76. The predicted octanol–water partition coefficient (Wildman–Crippen LogP) is 4.55. The third-order valence-electron chi connectivity index (χ3n) is 6.22. The van der Waals surface area contributed by atoms with Gasteiger partial charge in [0.2, 0.25) is 5.91 Å². The number of aromatic nitrogens is 1. The highest BCUT2D eigenvalue weighted by Gasteiger charge is 2.24. The van der Waals surface area contributed by atoms with Crippen molar-refractivity contribution >= 4 is 21.4 Å². The highest BCUT2D eigenvalue weighted by atomic mass is 32.2. The van der Waals surface area contributed by atoms with Crippen LogP contribution in [0, 0.1) is 12.8 Å². The molecule has 1 fully saturated rings. The second-order valence-electron chi connectivity index (χ2n) is 9.33. The van der Waals surface area contributed by atoms with Crippen LogP contribution >= 0.6 is 0 Å². The Balaban J connectivity index is 1.60. The van der Waals surface area contributed by atoms with Gasteiger partial charge in [0.1, 0.15) is 0 Å². The third-order valence-corrected chi connectivity index (χ3v) is 8.39. The molecule has 1 aliphatic rings. The first-order chi connectivity index (χ1) is 15.1. The number of nitrogens with zero attached hydrogens (tertiary/aromatic N) is 2. The van der Waals surface area contributed by atoms with Gasteiger partial charge in [-0.25, -0.2) is 8.42 Å². The van der Waals surface area contributed by atoms with E-state index in [9.17, 15) is 13.2 Å². The van der Waals surface area contributed by atoms with E-state index in [4.69, 9.17) is 0 Å². The van der Waals surface area contributed by atoms with Crippen molar-refractivity contribution in [1.29, 1.82) is 0 Å². The van der Waals surface area contributed by atoms with Crippen molar-refractivity contribution in [3.8, 4) is 0 Å². The molecule has 7 heteroatoms. The van der Waals surface area contributed by atoms with E-state index in [1.54, 1.807) is 32.2 Å². The quantitative estimate of drug-likeness (QED) is 0.660. The standard InChI is InChI=1S/C25H35N3O3S/c1-17(2)25(29)27-22-14-24(19(5)26-15-22)21-10-12-28(13-11-21)16-20-6-8-23(9-7-20)32(30,31)18(3)4/h6-9,14-15,17-18,21H,10-13,16H2,1-5H3,(H,27,29). The molecule has 3 rings (SSSR count). The zero-order chi connectivity index (χ0) is 23.5. The molecule has 2 aromatic rings. The molecule has 6 nitrogen and oxygen atoms in total. The minimum absolute atomic E-state index is 0.00337. The number of hydrogen-bond acceptors (Lipinski definition) is 5. The van der Waals surface area contributed by atoms with Gasteiger partial charge in [-0.3, -0.25) is 14.7 Å². The van der Waals surface area contributed by atoms with E-state index in [1.807, 2.05) is 32.9 Å². The molecule has 1 aliphatic heterocycles. The van der Waals surface area contributed by atoms with Gasteiger partial charge in [-0.2, -0.15) is 0 Å². The summed E-state index contributed by atoms with van der Waals surface area (Å²) in [4.78, 5) is 19.4. The van der Waals surface area contributed by atoms with Gasteiger partial charge in [-0.1, -0.05) is 26.0 Å². The van der Waals surface area contributed by atoms with Crippen LogP contribution in [0.15, 0.2) is 41.4 Å². The highest BCUT2D eigenvalue weighted by Crippen LogP contribution is 2.32.